The third-order valence-corrected chi connectivity index (χ3v) is 7.00. The monoisotopic (exact) mass is 492 g/mol. The lowest BCUT2D eigenvalue weighted by Crippen LogP contribution is -2.13. The van der Waals surface area contributed by atoms with Gasteiger partial charge in [0.25, 0.3) is 0 Å². The standard InChI is InChI=1S/C32H44O4/c1-3-5-7-10-26-12-14-27(15-13-26)11-9-25-35-30-20-22-31(23-21-30)36-32(33)28-16-18-29(19-17-28)34-24-8-6-4-2/h9,11,16-23,26-27H,3-8,10,12-15,24-25H2,1-2H3/b11-9+. The highest BCUT2D eigenvalue weighted by molar-refractivity contribution is 5.91. The van der Waals surface area contributed by atoms with Crippen molar-refractivity contribution in [1.82, 2.24) is 0 Å². The second-order valence-corrected chi connectivity index (χ2v) is 9.96. The van der Waals surface area contributed by atoms with Crippen LogP contribution in [0.3, 0.4) is 0 Å². The number of ether oxygens (including phenoxy) is 3. The molecule has 4 nitrogen and oxygen atoms in total. The summed E-state index contributed by atoms with van der Waals surface area (Å²) >= 11 is 0. The summed E-state index contributed by atoms with van der Waals surface area (Å²) in [4.78, 5) is 12.5. The van der Waals surface area contributed by atoms with E-state index >= 15 is 0 Å². The molecule has 1 aliphatic carbocycles. The third-order valence-electron chi connectivity index (χ3n) is 7.00. The highest BCUT2D eigenvalue weighted by Gasteiger charge is 2.18. The maximum absolute atomic E-state index is 12.5. The van der Waals surface area contributed by atoms with E-state index in [2.05, 4.69) is 26.0 Å². The summed E-state index contributed by atoms with van der Waals surface area (Å²) in [6.45, 7) is 5.70. The Bertz CT molecular complexity index is 893. The Labute approximate surface area is 218 Å². The molecule has 0 spiro atoms. The number of hydrogen-bond donors (Lipinski definition) is 0. The van der Waals surface area contributed by atoms with Gasteiger partial charge < -0.3 is 14.2 Å². The third kappa shape index (κ3) is 10.1. The molecule has 196 valence electrons. The number of unbranched alkanes of at least 4 members (excludes halogenated alkanes) is 4. The van der Waals surface area contributed by atoms with Gasteiger partial charge in [0, 0.05) is 0 Å². The fourth-order valence-corrected chi connectivity index (χ4v) is 4.74. The van der Waals surface area contributed by atoms with Crippen LogP contribution in [0.1, 0.15) is 94.8 Å². The van der Waals surface area contributed by atoms with Crippen LogP contribution in [0.5, 0.6) is 17.2 Å². The molecule has 0 amide bonds. The molecule has 0 atom stereocenters. The van der Waals surface area contributed by atoms with Crippen molar-refractivity contribution in [2.75, 3.05) is 13.2 Å². The first-order chi connectivity index (χ1) is 17.7. The first kappa shape index (κ1) is 27.8. The summed E-state index contributed by atoms with van der Waals surface area (Å²) in [6, 6.07) is 14.3. The summed E-state index contributed by atoms with van der Waals surface area (Å²) in [5.74, 6) is 3.29. The van der Waals surface area contributed by atoms with Crippen LogP contribution in [0.15, 0.2) is 60.7 Å². The number of hydrogen-bond acceptors (Lipinski definition) is 4. The molecule has 36 heavy (non-hydrogen) atoms. The molecule has 0 aliphatic heterocycles. The smallest absolute Gasteiger partial charge is 0.343 e. The predicted molar refractivity (Wildman–Crippen MR) is 147 cm³/mol. The van der Waals surface area contributed by atoms with Crippen LogP contribution < -0.4 is 14.2 Å². The van der Waals surface area contributed by atoms with Crippen LogP contribution in [-0.2, 0) is 0 Å². The zero-order valence-electron chi connectivity index (χ0n) is 22.3. The first-order valence-corrected chi connectivity index (χ1v) is 14.0. The van der Waals surface area contributed by atoms with Gasteiger partial charge in [0.2, 0.25) is 0 Å². The molecule has 0 aromatic heterocycles. The van der Waals surface area contributed by atoms with Gasteiger partial charge in [-0.3, -0.25) is 0 Å². The van der Waals surface area contributed by atoms with E-state index < -0.39 is 0 Å². The minimum atomic E-state index is -0.385. The number of carbonyl (C=O) groups excluding carboxylic acids is 1. The Hall–Kier alpha value is -2.75. The molecule has 3 rings (SSSR count). The van der Waals surface area contributed by atoms with Gasteiger partial charge in [0.1, 0.15) is 23.9 Å². The fraction of sp³-hybridized carbons (Fsp3) is 0.531. The Morgan fingerprint density at radius 3 is 2.08 bits per heavy atom. The molecular weight excluding hydrogens is 448 g/mol. The van der Waals surface area contributed by atoms with Gasteiger partial charge in [-0.05, 0) is 92.5 Å². The summed E-state index contributed by atoms with van der Waals surface area (Å²) in [6.07, 6.45) is 18.7. The van der Waals surface area contributed by atoms with E-state index in [0.29, 0.717) is 30.4 Å². The summed E-state index contributed by atoms with van der Waals surface area (Å²) in [7, 11) is 0. The Morgan fingerprint density at radius 2 is 1.39 bits per heavy atom. The topological polar surface area (TPSA) is 44.8 Å². The van der Waals surface area contributed by atoms with Crippen molar-refractivity contribution in [1.29, 1.82) is 0 Å². The van der Waals surface area contributed by atoms with Crippen LogP contribution in [0.2, 0.25) is 0 Å². The summed E-state index contributed by atoms with van der Waals surface area (Å²) in [5.41, 5.74) is 0.497. The number of esters is 1. The molecule has 1 saturated carbocycles. The maximum atomic E-state index is 12.5. The maximum Gasteiger partial charge on any atom is 0.343 e. The van der Waals surface area contributed by atoms with E-state index in [-0.39, 0.29) is 5.97 Å². The van der Waals surface area contributed by atoms with E-state index in [9.17, 15) is 4.79 Å². The molecule has 1 fully saturated rings. The zero-order chi connectivity index (χ0) is 25.4. The second-order valence-electron chi connectivity index (χ2n) is 9.96. The van der Waals surface area contributed by atoms with Gasteiger partial charge in [-0.25, -0.2) is 4.79 Å². The van der Waals surface area contributed by atoms with Crippen LogP contribution in [0.25, 0.3) is 0 Å². The Kier molecular flexibility index (Phi) is 12.4. The summed E-state index contributed by atoms with van der Waals surface area (Å²) < 4.78 is 17.0. The molecule has 0 bridgehead atoms. The number of allylic oxidation sites excluding steroid dienone is 1. The average molecular weight is 493 g/mol. The number of benzene rings is 2. The van der Waals surface area contributed by atoms with E-state index in [1.54, 1.807) is 24.3 Å². The molecule has 0 unspecified atom stereocenters. The molecule has 0 saturated heterocycles. The number of carbonyl (C=O) groups is 1. The molecule has 4 heteroatoms. The molecule has 0 heterocycles. The SMILES string of the molecule is CCCCCOc1ccc(C(=O)Oc2ccc(OC/C=C/C3CCC(CCCCC)CC3)cc2)cc1. The van der Waals surface area contributed by atoms with Crippen LogP contribution >= 0.6 is 0 Å². The van der Waals surface area contributed by atoms with Gasteiger partial charge >= 0.3 is 5.97 Å². The molecule has 2 aromatic rings. The first-order valence-electron chi connectivity index (χ1n) is 14.0. The molecular formula is C32H44O4. The summed E-state index contributed by atoms with van der Waals surface area (Å²) in [5, 5.41) is 0. The van der Waals surface area contributed by atoms with E-state index in [1.165, 1.54) is 57.8 Å². The minimum Gasteiger partial charge on any atom is -0.494 e. The minimum absolute atomic E-state index is 0.385. The predicted octanol–water partition coefficient (Wildman–Crippen LogP) is 8.80. The van der Waals surface area contributed by atoms with E-state index in [0.717, 1.165) is 30.3 Å². The van der Waals surface area contributed by atoms with E-state index in [1.807, 2.05) is 24.3 Å². The van der Waals surface area contributed by atoms with Crippen LogP contribution in [0.4, 0.5) is 0 Å². The molecule has 0 N–H and O–H groups in total. The lowest BCUT2D eigenvalue weighted by Gasteiger charge is -2.26. The van der Waals surface area contributed by atoms with Gasteiger partial charge in [0.05, 0.1) is 12.2 Å². The molecule has 1 aliphatic rings. The lowest BCUT2D eigenvalue weighted by molar-refractivity contribution is 0.0734. The van der Waals surface area contributed by atoms with Crippen molar-refractivity contribution in [2.24, 2.45) is 11.8 Å². The van der Waals surface area contributed by atoms with E-state index in [4.69, 9.17) is 14.2 Å². The lowest BCUT2D eigenvalue weighted by atomic mass is 9.79. The zero-order valence-corrected chi connectivity index (χ0v) is 22.3. The quantitative estimate of drug-likeness (QED) is 0.108. The average Bonchev–Trinajstić information content (AvgIpc) is 2.91. The van der Waals surface area contributed by atoms with Crippen LogP contribution in [0, 0.1) is 11.8 Å². The Morgan fingerprint density at radius 1 is 0.778 bits per heavy atom. The molecule has 2 aromatic carbocycles. The van der Waals surface area contributed by atoms with Crippen LogP contribution in [-0.4, -0.2) is 19.2 Å². The van der Waals surface area contributed by atoms with Crippen molar-refractivity contribution >= 4 is 5.97 Å². The second kappa shape index (κ2) is 16.1. The Balaban J connectivity index is 1.34. The van der Waals surface area contributed by atoms with Crippen molar-refractivity contribution in [3.8, 4) is 17.2 Å². The largest absolute Gasteiger partial charge is 0.494 e. The van der Waals surface area contributed by atoms with Crippen molar-refractivity contribution in [3.63, 3.8) is 0 Å². The highest BCUT2D eigenvalue weighted by Crippen LogP contribution is 2.32. The van der Waals surface area contributed by atoms with Gasteiger partial charge in [0.15, 0.2) is 0 Å². The number of rotatable bonds is 15. The molecule has 0 radical (unpaired) electrons. The van der Waals surface area contributed by atoms with Crippen molar-refractivity contribution in [2.45, 2.75) is 84.5 Å². The van der Waals surface area contributed by atoms with Gasteiger partial charge in [-0.1, -0.05) is 64.5 Å². The van der Waals surface area contributed by atoms with Crippen molar-refractivity contribution in [3.05, 3.63) is 66.2 Å². The fourth-order valence-electron chi connectivity index (χ4n) is 4.74. The normalized spacial score (nSPS) is 17.7. The highest BCUT2D eigenvalue weighted by atomic mass is 16.5. The van der Waals surface area contributed by atoms with Gasteiger partial charge in [-0.2, -0.15) is 0 Å². The van der Waals surface area contributed by atoms with Gasteiger partial charge in [-0.15, -0.1) is 0 Å². The van der Waals surface area contributed by atoms with Crippen molar-refractivity contribution < 1.29 is 19.0 Å².